The first-order valence-corrected chi connectivity index (χ1v) is 13.3. The molecule has 1 aromatic rings. The van der Waals surface area contributed by atoms with Gasteiger partial charge in [0.2, 0.25) is 0 Å². The van der Waals surface area contributed by atoms with E-state index in [1.165, 1.54) is 13.2 Å². The molecule has 0 radical (unpaired) electrons. The maximum absolute atomic E-state index is 12.9. The smallest absolute Gasteiger partial charge is 0.405 e. The van der Waals surface area contributed by atoms with E-state index in [0.29, 0.717) is 53.6 Å². The number of amides is 2. The third kappa shape index (κ3) is 9.06. The summed E-state index contributed by atoms with van der Waals surface area (Å²) >= 11 is 0. The number of aliphatic hydroxyl groups is 3. The van der Waals surface area contributed by atoms with Crippen molar-refractivity contribution in [3.05, 3.63) is 46.6 Å². The molecule has 218 valence electrons. The summed E-state index contributed by atoms with van der Waals surface area (Å²) in [4.78, 5) is 24.6. The molecule has 1 heterocycles. The normalized spacial score (nSPS) is 30.4. The summed E-state index contributed by atoms with van der Waals surface area (Å²) in [5.74, 6) is -1.37. The zero-order valence-electron chi connectivity index (χ0n) is 23.5. The Kier molecular flexibility index (Phi) is 12.4. The van der Waals surface area contributed by atoms with E-state index < -0.39 is 36.2 Å². The maximum Gasteiger partial charge on any atom is 0.405 e. The van der Waals surface area contributed by atoms with E-state index in [1.807, 2.05) is 13.8 Å². The molecule has 2 amide bonds. The third-order valence-electron chi connectivity index (χ3n) is 7.38. The van der Waals surface area contributed by atoms with Gasteiger partial charge in [-0.3, -0.25) is 4.79 Å². The number of carbonyl (C=O) groups excluding carboxylic acids is 2. The lowest BCUT2D eigenvalue weighted by molar-refractivity contribution is -0.112. The minimum atomic E-state index is -0.957. The lowest BCUT2D eigenvalue weighted by Crippen LogP contribution is -2.37. The van der Waals surface area contributed by atoms with Crippen molar-refractivity contribution in [1.29, 1.82) is 0 Å². The minimum Gasteiger partial charge on any atom is -0.507 e. The first kappa shape index (κ1) is 32.3. The summed E-state index contributed by atoms with van der Waals surface area (Å²) in [5, 5.41) is 44.5. The van der Waals surface area contributed by atoms with Crippen molar-refractivity contribution < 1.29 is 39.5 Å². The summed E-state index contributed by atoms with van der Waals surface area (Å²) in [6.45, 7) is 6.60. The number of methoxy groups -OCH3 is 1. The summed E-state index contributed by atoms with van der Waals surface area (Å²) in [5.41, 5.74) is 7.87. The number of carbonyl (C=O) groups is 2. The van der Waals surface area contributed by atoms with Crippen LogP contribution in [0.15, 0.2) is 35.4 Å². The van der Waals surface area contributed by atoms with Gasteiger partial charge in [-0.25, -0.2) is 4.79 Å². The number of benzene rings is 1. The lowest BCUT2D eigenvalue weighted by Gasteiger charge is -2.30. The molecule has 0 spiro atoms. The molecule has 2 bridgehead atoms. The van der Waals surface area contributed by atoms with Crippen molar-refractivity contribution in [3.63, 3.8) is 0 Å². The van der Waals surface area contributed by atoms with Crippen molar-refractivity contribution in [2.75, 3.05) is 19.0 Å². The molecule has 0 fully saturated rings. The number of ether oxygens (including phenoxy) is 2. The number of anilines is 1. The molecule has 6 atom stereocenters. The number of aromatic hydroxyl groups is 1. The van der Waals surface area contributed by atoms with E-state index in [-0.39, 0.29) is 30.8 Å². The Balaban J connectivity index is 2.53. The second kappa shape index (κ2) is 15.0. The van der Waals surface area contributed by atoms with Crippen LogP contribution in [0, 0.1) is 17.8 Å². The molecule has 1 aliphatic rings. The molecule has 39 heavy (non-hydrogen) atoms. The predicted molar refractivity (Wildman–Crippen MR) is 148 cm³/mol. The van der Waals surface area contributed by atoms with Crippen molar-refractivity contribution >= 4 is 17.7 Å². The van der Waals surface area contributed by atoms with Crippen LogP contribution in [0.4, 0.5) is 10.5 Å². The van der Waals surface area contributed by atoms with Gasteiger partial charge in [0.25, 0.3) is 5.91 Å². The van der Waals surface area contributed by atoms with Crippen LogP contribution < -0.4 is 11.1 Å². The second-order valence-electron chi connectivity index (χ2n) is 10.6. The zero-order valence-corrected chi connectivity index (χ0v) is 23.5. The number of allylic oxidation sites excluding steroid dienone is 1. The Morgan fingerprint density at radius 1 is 1.21 bits per heavy atom. The predicted octanol–water partition coefficient (Wildman–Crippen LogP) is 3.16. The molecule has 10 heteroatoms. The largest absolute Gasteiger partial charge is 0.507 e. The molecule has 0 saturated heterocycles. The van der Waals surface area contributed by atoms with Gasteiger partial charge in [-0.05, 0) is 62.7 Å². The average Bonchev–Trinajstić information content (AvgIpc) is 2.87. The number of phenols is 1. The lowest BCUT2D eigenvalue weighted by atomic mass is 9.82. The van der Waals surface area contributed by atoms with E-state index in [4.69, 9.17) is 15.2 Å². The number of rotatable bonds is 4. The van der Waals surface area contributed by atoms with Crippen molar-refractivity contribution in [2.45, 2.75) is 78.3 Å². The van der Waals surface area contributed by atoms with E-state index in [0.717, 1.165) is 0 Å². The molecule has 1 aromatic carbocycles. The first-order valence-electron chi connectivity index (χ1n) is 13.3. The number of nitrogens with two attached hydrogens (primary N) is 1. The second-order valence-corrected chi connectivity index (χ2v) is 10.6. The highest BCUT2D eigenvalue weighted by Crippen LogP contribution is 2.32. The molecule has 1 aliphatic heterocycles. The van der Waals surface area contributed by atoms with Crippen LogP contribution in [-0.2, 0) is 27.3 Å². The van der Waals surface area contributed by atoms with Crippen LogP contribution in [-0.4, -0.2) is 64.5 Å². The summed E-state index contributed by atoms with van der Waals surface area (Å²) in [7, 11) is 1.50. The number of fused-ring (bicyclic) bond motifs is 2. The maximum atomic E-state index is 12.9. The number of hydrogen-bond acceptors (Lipinski definition) is 8. The summed E-state index contributed by atoms with van der Waals surface area (Å²) in [6, 6.07) is 3.13. The Bertz CT molecular complexity index is 1050. The van der Waals surface area contributed by atoms with Gasteiger partial charge in [-0.1, -0.05) is 26.0 Å². The highest BCUT2D eigenvalue weighted by molar-refractivity contribution is 6.03. The van der Waals surface area contributed by atoms with Crippen molar-refractivity contribution in [3.8, 4) is 5.75 Å². The SMILES string of the molecule is CO[C@H]1CC/C=C(\C)C(=O)Nc2cc(O)c(CO)c(c2)C[C@@H](C)C[C@H](CO)[C@H](O)[C@@H](C)/C=C(\C)[C@@H]1OC(N)=O. The first-order chi connectivity index (χ1) is 18.4. The van der Waals surface area contributed by atoms with Crippen LogP contribution in [0.5, 0.6) is 5.75 Å². The zero-order chi connectivity index (χ0) is 29.3. The molecule has 7 N–H and O–H groups in total. The Labute approximate surface area is 230 Å². The van der Waals surface area contributed by atoms with Crippen LogP contribution in [0.2, 0.25) is 0 Å². The standard InChI is InChI=1S/C29H44N2O8/c1-16-9-20-12-22(13-24(34)23(20)15-33)31-28(36)17(2)7-6-8-25(38-5)27(39-29(30)37)19(4)11-18(3)26(35)21(10-16)14-32/h7,11-13,16,18,21,25-27,32-35H,6,8-10,14-15H2,1-5H3,(H2,30,37)(H,31,36)/b17-7+,19-11+/t16-,18+,21-,25+,26-,27+/m1/s1. The number of nitrogens with one attached hydrogen (secondary N) is 1. The van der Waals surface area contributed by atoms with E-state index >= 15 is 0 Å². The van der Waals surface area contributed by atoms with Crippen molar-refractivity contribution in [1.82, 2.24) is 0 Å². The minimum absolute atomic E-state index is 0.0442. The molecule has 0 unspecified atom stereocenters. The summed E-state index contributed by atoms with van der Waals surface area (Å²) < 4.78 is 11.0. The molecular weight excluding hydrogens is 504 g/mol. The van der Waals surface area contributed by atoms with Gasteiger partial charge in [0.05, 0.1) is 18.8 Å². The molecule has 0 aromatic heterocycles. The molecule has 2 rings (SSSR count). The Morgan fingerprint density at radius 2 is 1.90 bits per heavy atom. The van der Waals surface area contributed by atoms with Crippen LogP contribution in [0.3, 0.4) is 0 Å². The number of primary amides is 1. The fraction of sp³-hybridized carbons (Fsp3) is 0.586. The average molecular weight is 549 g/mol. The highest BCUT2D eigenvalue weighted by Gasteiger charge is 2.30. The van der Waals surface area contributed by atoms with E-state index in [2.05, 4.69) is 5.32 Å². The Hall–Kier alpha value is -2.92. The van der Waals surface area contributed by atoms with Gasteiger partial charge in [0.15, 0.2) is 6.10 Å². The van der Waals surface area contributed by atoms with Gasteiger partial charge >= 0.3 is 6.09 Å². The Morgan fingerprint density at radius 3 is 2.49 bits per heavy atom. The molecule has 0 saturated carbocycles. The third-order valence-corrected chi connectivity index (χ3v) is 7.38. The van der Waals surface area contributed by atoms with Gasteiger partial charge in [0, 0.05) is 48.4 Å². The van der Waals surface area contributed by atoms with Crippen LogP contribution >= 0.6 is 0 Å². The van der Waals surface area contributed by atoms with Crippen LogP contribution in [0.25, 0.3) is 0 Å². The monoisotopic (exact) mass is 548 g/mol. The van der Waals surface area contributed by atoms with Gasteiger partial charge in [-0.2, -0.15) is 0 Å². The number of aliphatic hydroxyl groups excluding tert-OH is 3. The number of hydrogen-bond donors (Lipinski definition) is 6. The quantitative estimate of drug-likeness (QED) is 0.311. The van der Waals surface area contributed by atoms with Gasteiger partial charge < -0.3 is 41.0 Å². The fourth-order valence-electron chi connectivity index (χ4n) is 5.25. The van der Waals surface area contributed by atoms with Gasteiger partial charge in [-0.15, -0.1) is 0 Å². The van der Waals surface area contributed by atoms with Gasteiger partial charge in [0.1, 0.15) is 5.75 Å². The molecule has 10 nitrogen and oxygen atoms in total. The fourth-order valence-corrected chi connectivity index (χ4v) is 5.25. The van der Waals surface area contributed by atoms with Crippen molar-refractivity contribution in [2.24, 2.45) is 23.5 Å². The molecular formula is C29H44N2O8. The topological polar surface area (TPSA) is 172 Å². The summed E-state index contributed by atoms with van der Waals surface area (Å²) in [6.07, 6.45) is 2.07. The van der Waals surface area contributed by atoms with Crippen LogP contribution in [0.1, 0.15) is 58.1 Å². The van der Waals surface area contributed by atoms with E-state index in [9.17, 15) is 30.0 Å². The highest BCUT2D eigenvalue weighted by atomic mass is 16.6. The molecule has 0 aliphatic carbocycles. The van der Waals surface area contributed by atoms with E-state index in [1.54, 1.807) is 32.1 Å².